The molecule has 1 aromatic rings. The monoisotopic (exact) mass is 263 g/mol. The summed E-state index contributed by atoms with van der Waals surface area (Å²) in [4.78, 5) is 0. The molecule has 0 bridgehead atoms. The van der Waals surface area contributed by atoms with Crippen molar-refractivity contribution >= 4 is 0 Å². The van der Waals surface area contributed by atoms with E-state index in [1.165, 1.54) is 18.2 Å². The molecule has 0 unspecified atom stereocenters. The van der Waals surface area contributed by atoms with Crippen LogP contribution in [0.15, 0.2) is 24.3 Å². The quantitative estimate of drug-likeness (QED) is 0.767. The Kier molecular flexibility index (Phi) is 5.77. The lowest BCUT2D eigenvalue weighted by Gasteiger charge is -2.13. The summed E-state index contributed by atoms with van der Waals surface area (Å²) in [5.41, 5.74) is 0. The number of hydrogen-bond acceptors (Lipinski definition) is 3. The average Bonchev–Trinajstić information content (AvgIpc) is 2.29. The molecule has 0 radical (unpaired) electrons. The molecule has 0 fully saturated rings. The molecule has 6 heteroatoms. The van der Waals surface area contributed by atoms with E-state index in [4.69, 9.17) is 4.74 Å². The Hall–Kier alpha value is -1.43. The topological polar surface area (TPSA) is 30.5 Å². The van der Waals surface area contributed by atoms with Crippen molar-refractivity contribution in [2.45, 2.75) is 19.7 Å². The van der Waals surface area contributed by atoms with Gasteiger partial charge in [-0.1, -0.05) is 19.1 Å². The Morgan fingerprint density at radius 1 is 1.11 bits per heavy atom. The van der Waals surface area contributed by atoms with Crippen LogP contribution in [0.2, 0.25) is 0 Å². The first kappa shape index (κ1) is 14.6. The minimum atomic E-state index is -4.71. The maximum Gasteiger partial charge on any atom is 0.573 e. The van der Waals surface area contributed by atoms with Crippen LogP contribution in [0.5, 0.6) is 11.5 Å². The van der Waals surface area contributed by atoms with E-state index < -0.39 is 6.36 Å². The van der Waals surface area contributed by atoms with Crippen LogP contribution < -0.4 is 14.8 Å². The number of hydrogen-bond donors (Lipinski definition) is 1. The summed E-state index contributed by atoms with van der Waals surface area (Å²) in [7, 11) is 0. The summed E-state index contributed by atoms with van der Waals surface area (Å²) in [6.45, 7) is 3.75. The fourth-order valence-corrected chi connectivity index (χ4v) is 1.31. The van der Waals surface area contributed by atoms with Crippen LogP contribution >= 0.6 is 0 Å². The number of benzene rings is 1. The maximum absolute atomic E-state index is 12.1. The summed E-state index contributed by atoms with van der Waals surface area (Å²) in [6.07, 6.45) is -3.71. The highest BCUT2D eigenvalue weighted by atomic mass is 19.4. The van der Waals surface area contributed by atoms with Crippen molar-refractivity contribution in [3.05, 3.63) is 24.3 Å². The number of rotatable bonds is 7. The van der Waals surface area contributed by atoms with Crippen LogP contribution in [-0.4, -0.2) is 26.1 Å². The summed E-state index contributed by atoms with van der Waals surface area (Å²) in [6, 6.07) is 5.73. The van der Waals surface area contributed by atoms with Gasteiger partial charge in [0.15, 0.2) is 11.5 Å². The van der Waals surface area contributed by atoms with Crippen molar-refractivity contribution in [1.29, 1.82) is 0 Å². The van der Waals surface area contributed by atoms with Gasteiger partial charge in [-0.05, 0) is 25.1 Å². The van der Waals surface area contributed by atoms with Gasteiger partial charge in [0.25, 0.3) is 0 Å². The Bertz CT molecular complexity index is 355. The zero-order valence-electron chi connectivity index (χ0n) is 10.1. The molecule has 0 aliphatic rings. The van der Waals surface area contributed by atoms with Crippen LogP contribution in [0.3, 0.4) is 0 Å². The van der Waals surface area contributed by atoms with Crippen LogP contribution in [0.1, 0.15) is 13.3 Å². The van der Waals surface area contributed by atoms with E-state index in [0.717, 1.165) is 13.0 Å². The van der Waals surface area contributed by atoms with E-state index in [9.17, 15) is 13.2 Å². The molecular formula is C12H16F3NO2. The predicted octanol–water partition coefficient (Wildman–Crippen LogP) is 2.96. The molecule has 18 heavy (non-hydrogen) atoms. The summed E-state index contributed by atoms with van der Waals surface area (Å²) >= 11 is 0. The Balaban J connectivity index is 2.49. The van der Waals surface area contributed by atoms with Gasteiger partial charge in [0.05, 0.1) is 0 Å². The fourth-order valence-electron chi connectivity index (χ4n) is 1.31. The first-order valence-electron chi connectivity index (χ1n) is 5.71. The summed E-state index contributed by atoms with van der Waals surface area (Å²) in [5.74, 6) is -0.228. The molecule has 0 amide bonds. The van der Waals surface area contributed by atoms with Gasteiger partial charge >= 0.3 is 6.36 Å². The van der Waals surface area contributed by atoms with Gasteiger partial charge in [0, 0.05) is 6.54 Å². The first-order valence-corrected chi connectivity index (χ1v) is 5.71. The van der Waals surface area contributed by atoms with E-state index in [1.54, 1.807) is 6.07 Å². The van der Waals surface area contributed by atoms with E-state index in [0.29, 0.717) is 6.54 Å². The van der Waals surface area contributed by atoms with Gasteiger partial charge in [-0.25, -0.2) is 0 Å². The van der Waals surface area contributed by atoms with Crippen molar-refractivity contribution in [2.24, 2.45) is 0 Å². The lowest BCUT2D eigenvalue weighted by molar-refractivity contribution is -0.275. The molecule has 0 spiro atoms. The lowest BCUT2D eigenvalue weighted by Crippen LogP contribution is -2.22. The molecular weight excluding hydrogens is 247 g/mol. The number of halogens is 3. The van der Waals surface area contributed by atoms with Crippen molar-refractivity contribution in [3.63, 3.8) is 0 Å². The zero-order valence-corrected chi connectivity index (χ0v) is 10.1. The van der Waals surface area contributed by atoms with Crippen LogP contribution in [0, 0.1) is 0 Å². The zero-order chi connectivity index (χ0) is 13.4. The fraction of sp³-hybridized carbons (Fsp3) is 0.500. The number of nitrogens with one attached hydrogen (secondary N) is 1. The van der Waals surface area contributed by atoms with Crippen LogP contribution in [0.25, 0.3) is 0 Å². The molecule has 1 rings (SSSR count). The minimum absolute atomic E-state index is 0.0909. The Morgan fingerprint density at radius 3 is 2.39 bits per heavy atom. The van der Waals surface area contributed by atoms with Gasteiger partial charge in [-0.15, -0.1) is 13.2 Å². The van der Waals surface area contributed by atoms with Gasteiger partial charge in [-0.2, -0.15) is 0 Å². The third-order valence-electron chi connectivity index (χ3n) is 2.04. The van der Waals surface area contributed by atoms with E-state index in [2.05, 4.69) is 10.1 Å². The third-order valence-corrected chi connectivity index (χ3v) is 2.04. The van der Waals surface area contributed by atoms with Gasteiger partial charge < -0.3 is 14.8 Å². The molecule has 1 N–H and O–H groups in total. The van der Waals surface area contributed by atoms with Gasteiger partial charge in [0.2, 0.25) is 0 Å². The Morgan fingerprint density at radius 2 is 1.78 bits per heavy atom. The average molecular weight is 263 g/mol. The molecule has 3 nitrogen and oxygen atoms in total. The molecule has 0 saturated carbocycles. The van der Waals surface area contributed by atoms with Crippen LogP contribution in [-0.2, 0) is 0 Å². The highest BCUT2D eigenvalue weighted by Gasteiger charge is 2.32. The second-order valence-corrected chi connectivity index (χ2v) is 3.59. The highest BCUT2D eigenvalue weighted by molar-refractivity contribution is 5.39. The molecule has 1 aromatic carbocycles. The normalized spacial score (nSPS) is 11.3. The minimum Gasteiger partial charge on any atom is -0.488 e. The number of ether oxygens (including phenoxy) is 2. The number of para-hydroxylation sites is 2. The SMILES string of the molecule is CCCNCCOc1ccccc1OC(F)(F)F. The van der Waals surface area contributed by atoms with E-state index in [1.807, 2.05) is 6.92 Å². The van der Waals surface area contributed by atoms with E-state index in [-0.39, 0.29) is 18.1 Å². The smallest absolute Gasteiger partial charge is 0.488 e. The largest absolute Gasteiger partial charge is 0.573 e. The maximum atomic E-state index is 12.1. The molecule has 102 valence electrons. The molecule has 0 aromatic heterocycles. The van der Waals surface area contributed by atoms with E-state index >= 15 is 0 Å². The standard InChI is InChI=1S/C12H16F3NO2/c1-2-7-16-8-9-17-10-5-3-4-6-11(10)18-12(13,14)15/h3-6,16H,2,7-9H2,1H3. The van der Waals surface area contributed by atoms with Gasteiger partial charge in [0.1, 0.15) is 6.61 Å². The van der Waals surface area contributed by atoms with Crippen molar-refractivity contribution in [2.75, 3.05) is 19.7 Å². The predicted molar refractivity (Wildman–Crippen MR) is 61.8 cm³/mol. The number of alkyl halides is 3. The lowest BCUT2D eigenvalue weighted by atomic mass is 10.3. The van der Waals surface area contributed by atoms with Gasteiger partial charge in [-0.3, -0.25) is 0 Å². The summed E-state index contributed by atoms with van der Waals surface area (Å²) < 4.78 is 45.5. The van der Waals surface area contributed by atoms with Crippen molar-refractivity contribution in [1.82, 2.24) is 5.32 Å². The molecule has 0 aliphatic heterocycles. The van der Waals surface area contributed by atoms with Crippen molar-refractivity contribution in [3.8, 4) is 11.5 Å². The molecule has 0 heterocycles. The first-order chi connectivity index (χ1) is 8.53. The molecule has 0 aliphatic carbocycles. The second kappa shape index (κ2) is 7.10. The Labute approximate surface area is 104 Å². The highest BCUT2D eigenvalue weighted by Crippen LogP contribution is 2.31. The summed E-state index contributed by atoms with van der Waals surface area (Å²) in [5, 5.41) is 3.08. The van der Waals surface area contributed by atoms with Crippen molar-refractivity contribution < 1.29 is 22.6 Å². The molecule has 0 saturated heterocycles. The second-order valence-electron chi connectivity index (χ2n) is 3.59. The van der Waals surface area contributed by atoms with Crippen LogP contribution in [0.4, 0.5) is 13.2 Å². The third kappa shape index (κ3) is 5.77. The molecule has 0 atom stereocenters.